The molecule has 2 atom stereocenters. The second-order valence-corrected chi connectivity index (χ2v) is 6.66. The molecule has 0 bridgehead atoms. The fourth-order valence-corrected chi connectivity index (χ4v) is 2.97. The van der Waals surface area contributed by atoms with Crippen molar-refractivity contribution in [3.05, 3.63) is 77.9 Å². The highest BCUT2D eigenvalue weighted by atomic mass is 16.5. The van der Waals surface area contributed by atoms with Crippen LogP contribution in [0.4, 0.5) is 0 Å². The Labute approximate surface area is 155 Å². The summed E-state index contributed by atoms with van der Waals surface area (Å²) >= 11 is 0. The van der Waals surface area contributed by atoms with Crippen molar-refractivity contribution in [2.45, 2.75) is 39.3 Å². The topological polar surface area (TPSA) is 38.3 Å². The third-order valence-electron chi connectivity index (χ3n) is 4.60. The largest absolute Gasteiger partial charge is 0.481 e. The Hall–Kier alpha value is -2.81. The highest BCUT2D eigenvalue weighted by Crippen LogP contribution is 2.22. The minimum absolute atomic E-state index is 0.0580. The molecule has 2 unspecified atom stereocenters. The summed E-state index contributed by atoms with van der Waals surface area (Å²) in [6, 6.07) is 22.2. The predicted molar refractivity (Wildman–Crippen MR) is 106 cm³/mol. The molecule has 26 heavy (non-hydrogen) atoms. The molecule has 0 saturated heterocycles. The van der Waals surface area contributed by atoms with E-state index in [0.29, 0.717) is 12.2 Å². The van der Waals surface area contributed by atoms with Gasteiger partial charge < -0.3 is 10.1 Å². The highest BCUT2D eigenvalue weighted by molar-refractivity contribution is 5.84. The van der Waals surface area contributed by atoms with Gasteiger partial charge in [0.05, 0.1) is 6.04 Å². The van der Waals surface area contributed by atoms with Crippen molar-refractivity contribution in [1.29, 1.82) is 0 Å². The van der Waals surface area contributed by atoms with Gasteiger partial charge in [-0.2, -0.15) is 0 Å². The number of aryl methyl sites for hydroxylation is 1. The van der Waals surface area contributed by atoms with Crippen LogP contribution in [-0.2, 0) is 4.79 Å². The first-order valence-corrected chi connectivity index (χ1v) is 9.09. The van der Waals surface area contributed by atoms with Gasteiger partial charge >= 0.3 is 0 Å². The molecule has 3 aromatic carbocycles. The van der Waals surface area contributed by atoms with Crippen molar-refractivity contribution in [1.82, 2.24) is 5.32 Å². The minimum Gasteiger partial charge on any atom is -0.481 e. The van der Waals surface area contributed by atoms with Gasteiger partial charge in [0.1, 0.15) is 5.75 Å². The van der Waals surface area contributed by atoms with Crippen LogP contribution < -0.4 is 10.1 Å². The van der Waals surface area contributed by atoms with Crippen LogP contribution in [0.25, 0.3) is 10.8 Å². The number of benzene rings is 3. The molecule has 3 heteroatoms. The summed E-state index contributed by atoms with van der Waals surface area (Å²) in [6.07, 6.45) is 0.100. The van der Waals surface area contributed by atoms with E-state index in [1.54, 1.807) is 0 Å². The first-order chi connectivity index (χ1) is 12.6. The van der Waals surface area contributed by atoms with E-state index in [0.717, 1.165) is 16.3 Å². The Morgan fingerprint density at radius 2 is 1.69 bits per heavy atom. The van der Waals surface area contributed by atoms with Gasteiger partial charge in [-0.3, -0.25) is 4.79 Å². The fourth-order valence-electron chi connectivity index (χ4n) is 2.97. The monoisotopic (exact) mass is 347 g/mol. The Morgan fingerprint density at radius 3 is 2.38 bits per heavy atom. The zero-order valence-electron chi connectivity index (χ0n) is 15.5. The molecule has 0 aliphatic rings. The summed E-state index contributed by atoms with van der Waals surface area (Å²) < 4.78 is 5.98. The second-order valence-electron chi connectivity index (χ2n) is 6.66. The Bertz CT molecular complexity index is 886. The molecule has 134 valence electrons. The van der Waals surface area contributed by atoms with Crippen LogP contribution in [0, 0.1) is 6.92 Å². The number of rotatable bonds is 6. The SMILES string of the molecule is CCC(Oc1ccc2ccccc2c1)C(=O)NC(C)c1ccc(C)cc1. The zero-order valence-corrected chi connectivity index (χ0v) is 15.5. The standard InChI is InChI=1S/C23H25NO2/c1-4-22(23(25)24-17(3)18-11-9-16(2)10-12-18)26-21-14-13-19-7-5-6-8-20(19)15-21/h5-15,17,22H,4H2,1-3H3,(H,24,25). The average Bonchev–Trinajstić information content (AvgIpc) is 2.66. The average molecular weight is 347 g/mol. The van der Waals surface area contributed by atoms with E-state index in [2.05, 4.69) is 30.4 Å². The summed E-state index contributed by atoms with van der Waals surface area (Å²) in [5.74, 6) is 0.627. The van der Waals surface area contributed by atoms with Crippen LogP contribution in [0.15, 0.2) is 66.7 Å². The van der Waals surface area contributed by atoms with Gasteiger partial charge in [-0.25, -0.2) is 0 Å². The van der Waals surface area contributed by atoms with E-state index in [1.165, 1.54) is 5.56 Å². The van der Waals surface area contributed by atoms with Crippen LogP contribution >= 0.6 is 0 Å². The molecular weight excluding hydrogens is 322 g/mol. The maximum Gasteiger partial charge on any atom is 0.261 e. The fraction of sp³-hybridized carbons (Fsp3) is 0.261. The van der Waals surface area contributed by atoms with E-state index >= 15 is 0 Å². The predicted octanol–water partition coefficient (Wildman–Crippen LogP) is 5.18. The second kappa shape index (κ2) is 8.05. The number of carbonyl (C=O) groups excluding carboxylic acids is 1. The molecule has 3 nitrogen and oxygen atoms in total. The van der Waals surface area contributed by atoms with E-state index in [1.807, 2.05) is 62.4 Å². The molecule has 0 fully saturated rings. The van der Waals surface area contributed by atoms with Gasteiger partial charge in [0.2, 0.25) is 0 Å². The van der Waals surface area contributed by atoms with Crippen LogP contribution in [0.3, 0.4) is 0 Å². The number of hydrogen-bond donors (Lipinski definition) is 1. The summed E-state index contributed by atoms with van der Waals surface area (Å²) in [5.41, 5.74) is 2.29. The first-order valence-electron chi connectivity index (χ1n) is 9.09. The quantitative estimate of drug-likeness (QED) is 0.667. The van der Waals surface area contributed by atoms with E-state index in [4.69, 9.17) is 4.74 Å². The Balaban J connectivity index is 1.68. The third kappa shape index (κ3) is 4.23. The van der Waals surface area contributed by atoms with Gasteiger partial charge in [-0.1, -0.05) is 67.1 Å². The lowest BCUT2D eigenvalue weighted by molar-refractivity contribution is -0.128. The molecule has 1 N–H and O–H groups in total. The van der Waals surface area contributed by atoms with Crippen molar-refractivity contribution in [3.8, 4) is 5.75 Å². The van der Waals surface area contributed by atoms with Crippen molar-refractivity contribution >= 4 is 16.7 Å². The van der Waals surface area contributed by atoms with Crippen LogP contribution in [0.2, 0.25) is 0 Å². The molecule has 0 radical (unpaired) electrons. The number of hydrogen-bond acceptors (Lipinski definition) is 2. The molecular formula is C23H25NO2. The van der Waals surface area contributed by atoms with Crippen molar-refractivity contribution in [2.75, 3.05) is 0 Å². The van der Waals surface area contributed by atoms with Crippen LogP contribution in [0.5, 0.6) is 5.75 Å². The van der Waals surface area contributed by atoms with E-state index in [-0.39, 0.29) is 11.9 Å². The summed E-state index contributed by atoms with van der Waals surface area (Å²) in [5, 5.41) is 5.32. The molecule has 0 aromatic heterocycles. The maximum atomic E-state index is 12.7. The summed E-state index contributed by atoms with van der Waals surface area (Å²) in [6.45, 7) is 6.00. The number of carbonyl (C=O) groups is 1. The number of nitrogens with one attached hydrogen (secondary N) is 1. The molecule has 3 aromatic rings. The van der Waals surface area contributed by atoms with Gasteiger partial charge in [0.25, 0.3) is 5.91 Å². The molecule has 0 aliphatic carbocycles. The van der Waals surface area contributed by atoms with Gasteiger partial charge in [-0.15, -0.1) is 0 Å². The third-order valence-corrected chi connectivity index (χ3v) is 4.60. The maximum absolute atomic E-state index is 12.7. The van der Waals surface area contributed by atoms with Crippen LogP contribution in [0.1, 0.15) is 37.4 Å². The number of fused-ring (bicyclic) bond motifs is 1. The van der Waals surface area contributed by atoms with Gasteiger partial charge in [0, 0.05) is 0 Å². The van der Waals surface area contributed by atoms with Gasteiger partial charge in [-0.05, 0) is 48.7 Å². The summed E-state index contributed by atoms with van der Waals surface area (Å²) in [4.78, 5) is 12.7. The molecule has 0 aliphatic heterocycles. The Kier molecular flexibility index (Phi) is 5.57. The van der Waals surface area contributed by atoms with Crippen molar-refractivity contribution in [2.24, 2.45) is 0 Å². The lowest BCUT2D eigenvalue weighted by atomic mass is 10.1. The van der Waals surface area contributed by atoms with E-state index < -0.39 is 6.10 Å². The normalized spacial score (nSPS) is 13.2. The lowest BCUT2D eigenvalue weighted by Gasteiger charge is -2.21. The van der Waals surface area contributed by atoms with Crippen molar-refractivity contribution in [3.63, 3.8) is 0 Å². The van der Waals surface area contributed by atoms with Gasteiger partial charge in [0.15, 0.2) is 6.10 Å². The zero-order chi connectivity index (χ0) is 18.5. The molecule has 0 heterocycles. The number of ether oxygens (including phenoxy) is 1. The Morgan fingerprint density at radius 1 is 1.00 bits per heavy atom. The smallest absolute Gasteiger partial charge is 0.261 e. The minimum atomic E-state index is -0.510. The molecule has 3 rings (SSSR count). The first kappa shape index (κ1) is 18.0. The van der Waals surface area contributed by atoms with Crippen LogP contribution in [-0.4, -0.2) is 12.0 Å². The lowest BCUT2D eigenvalue weighted by Crippen LogP contribution is -2.39. The molecule has 1 amide bonds. The van der Waals surface area contributed by atoms with Crippen molar-refractivity contribution < 1.29 is 9.53 Å². The highest BCUT2D eigenvalue weighted by Gasteiger charge is 2.20. The molecule has 0 spiro atoms. The molecule has 0 saturated carbocycles. The van der Waals surface area contributed by atoms with E-state index in [9.17, 15) is 4.79 Å². The summed E-state index contributed by atoms with van der Waals surface area (Å²) in [7, 11) is 0. The number of amides is 1.